The van der Waals surface area contributed by atoms with Crippen LogP contribution >= 0.6 is 0 Å². The second kappa shape index (κ2) is 9.31. The van der Waals surface area contributed by atoms with E-state index in [4.69, 9.17) is 0 Å². The molecule has 0 saturated heterocycles. The lowest BCUT2D eigenvalue weighted by Gasteiger charge is -2.07. The number of rotatable bonds is 9. The van der Waals surface area contributed by atoms with Gasteiger partial charge in [0, 0.05) is 18.4 Å². The lowest BCUT2D eigenvalue weighted by molar-refractivity contribution is -0.115. The molecule has 0 fully saturated rings. The second-order valence-electron chi connectivity index (χ2n) is 6.45. The number of anilines is 1. The number of para-hydroxylation sites is 1. The molecule has 0 atom stereocenters. The molecule has 0 unspecified atom stereocenters. The fraction of sp³-hybridized carbons (Fsp3) is 0.143. The molecule has 0 spiro atoms. The fourth-order valence-electron chi connectivity index (χ4n) is 2.70. The number of nitrogens with one attached hydrogen (secondary N) is 2. The van der Waals surface area contributed by atoms with Gasteiger partial charge < -0.3 is 5.32 Å². The number of aromatic nitrogens is 2. The SMILES string of the molecule is C=CCNS(=O)(=O)Cc1ccc(NC(=O)Cc2cnn(-c3ccccc3)c2)cc1. The Labute approximate surface area is 170 Å². The van der Waals surface area contributed by atoms with Gasteiger partial charge in [-0.3, -0.25) is 4.79 Å². The van der Waals surface area contributed by atoms with Crippen LogP contribution in [0.1, 0.15) is 11.1 Å². The summed E-state index contributed by atoms with van der Waals surface area (Å²) in [5, 5.41) is 7.09. The minimum absolute atomic E-state index is 0.131. The van der Waals surface area contributed by atoms with Crippen molar-refractivity contribution >= 4 is 21.6 Å². The number of hydrogen-bond acceptors (Lipinski definition) is 4. The summed E-state index contributed by atoms with van der Waals surface area (Å²) in [6, 6.07) is 16.4. The molecule has 1 heterocycles. The van der Waals surface area contributed by atoms with Crippen LogP contribution in [0.3, 0.4) is 0 Å². The lowest BCUT2D eigenvalue weighted by atomic mass is 10.2. The molecular formula is C21H22N4O3S. The Morgan fingerprint density at radius 1 is 1.07 bits per heavy atom. The van der Waals surface area contributed by atoms with Crippen molar-refractivity contribution < 1.29 is 13.2 Å². The Morgan fingerprint density at radius 3 is 2.48 bits per heavy atom. The molecule has 8 heteroatoms. The number of nitrogens with zero attached hydrogens (tertiary/aromatic N) is 2. The van der Waals surface area contributed by atoms with E-state index in [1.54, 1.807) is 35.1 Å². The quantitative estimate of drug-likeness (QED) is 0.531. The molecule has 0 bridgehead atoms. The summed E-state index contributed by atoms with van der Waals surface area (Å²) >= 11 is 0. The van der Waals surface area contributed by atoms with E-state index >= 15 is 0 Å². The maximum Gasteiger partial charge on any atom is 0.228 e. The normalized spacial score (nSPS) is 11.2. The first-order valence-electron chi connectivity index (χ1n) is 9.01. The highest BCUT2D eigenvalue weighted by Crippen LogP contribution is 2.13. The first kappa shape index (κ1) is 20.5. The molecule has 150 valence electrons. The van der Waals surface area contributed by atoms with Gasteiger partial charge in [-0.1, -0.05) is 36.4 Å². The maximum atomic E-state index is 12.3. The Hall–Kier alpha value is -3.23. The summed E-state index contributed by atoms with van der Waals surface area (Å²) in [5.41, 5.74) is 2.95. The third-order valence-electron chi connectivity index (χ3n) is 4.06. The van der Waals surface area contributed by atoms with Gasteiger partial charge in [0.2, 0.25) is 15.9 Å². The van der Waals surface area contributed by atoms with Gasteiger partial charge in [0.15, 0.2) is 0 Å². The van der Waals surface area contributed by atoms with Crippen LogP contribution in [0, 0.1) is 0 Å². The van der Waals surface area contributed by atoms with E-state index in [-0.39, 0.29) is 24.6 Å². The van der Waals surface area contributed by atoms with Crippen LogP contribution in [0.5, 0.6) is 0 Å². The number of benzene rings is 2. The number of hydrogen-bond donors (Lipinski definition) is 2. The largest absolute Gasteiger partial charge is 0.326 e. The molecule has 2 N–H and O–H groups in total. The molecule has 0 aliphatic carbocycles. The van der Waals surface area contributed by atoms with Gasteiger partial charge in [-0.25, -0.2) is 17.8 Å². The highest BCUT2D eigenvalue weighted by Gasteiger charge is 2.11. The van der Waals surface area contributed by atoms with Crippen molar-refractivity contribution in [1.29, 1.82) is 0 Å². The van der Waals surface area contributed by atoms with E-state index in [9.17, 15) is 13.2 Å². The predicted molar refractivity (Wildman–Crippen MR) is 113 cm³/mol. The van der Waals surface area contributed by atoms with Crippen LogP contribution in [-0.4, -0.2) is 30.7 Å². The number of carbonyl (C=O) groups is 1. The van der Waals surface area contributed by atoms with Crippen molar-refractivity contribution in [3.63, 3.8) is 0 Å². The zero-order chi connectivity index (χ0) is 20.7. The van der Waals surface area contributed by atoms with Crippen molar-refractivity contribution in [3.05, 3.63) is 90.8 Å². The third kappa shape index (κ3) is 6.13. The van der Waals surface area contributed by atoms with Gasteiger partial charge in [0.25, 0.3) is 0 Å². The molecule has 3 aromatic rings. The average molecular weight is 410 g/mol. The summed E-state index contributed by atoms with van der Waals surface area (Å²) in [6.45, 7) is 3.68. The predicted octanol–water partition coefficient (Wildman–Crippen LogP) is 2.66. The highest BCUT2D eigenvalue weighted by molar-refractivity contribution is 7.88. The zero-order valence-electron chi connectivity index (χ0n) is 15.8. The van der Waals surface area contributed by atoms with E-state index in [2.05, 4.69) is 21.7 Å². The van der Waals surface area contributed by atoms with Crippen molar-refractivity contribution in [2.45, 2.75) is 12.2 Å². The standard InChI is InChI=1S/C21H22N4O3S/c1-2-12-23-29(27,28)16-17-8-10-19(11-9-17)24-21(26)13-18-14-22-25(15-18)20-6-4-3-5-7-20/h2-11,14-15,23H,1,12-13,16H2,(H,24,26). The Kier molecular flexibility index (Phi) is 6.58. The summed E-state index contributed by atoms with van der Waals surface area (Å²) in [5.74, 6) is -0.307. The molecule has 3 rings (SSSR count). The summed E-state index contributed by atoms with van der Waals surface area (Å²) in [7, 11) is -3.41. The minimum atomic E-state index is -3.41. The summed E-state index contributed by atoms with van der Waals surface area (Å²) < 4.78 is 27.9. The molecule has 7 nitrogen and oxygen atoms in total. The van der Waals surface area contributed by atoms with Gasteiger partial charge in [0.1, 0.15) is 0 Å². The first-order chi connectivity index (χ1) is 13.9. The monoisotopic (exact) mass is 410 g/mol. The zero-order valence-corrected chi connectivity index (χ0v) is 16.6. The Balaban J connectivity index is 1.56. The molecule has 1 aromatic heterocycles. The minimum Gasteiger partial charge on any atom is -0.326 e. The molecule has 2 aromatic carbocycles. The summed E-state index contributed by atoms with van der Waals surface area (Å²) in [4.78, 5) is 12.3. The van der Waals surface area contributed by atoms with Crippen LogP contribution < -0.4 is 10.0 Å². The van der Waals surface area contributed by atoms with Crippen molar-refractivity contribution in [2.75, 3.05) is 11.9 Å². The molecule has 0 aliphatic rings. The Bertz CT molecular complexity index is 1070. The van der Waals surface area contributed by atoms with E-state index in [0.717, 1.165) is 11.3 Å². The topological polar surface area (TPSA) is 93.1 Å². The number of sulfonamides is 1. The average Bonchev–Trinajstić information content (AvgIpc) is 3.17. The van der Waals surface area contributed by atoms with Crippen molar-refractivity contribution in [2.24, 2.45) is 0 Å². The fourth-order valence-corrected chi connectivity index (χ4v) is 3.81. The van der Waals surface area contributed by atoms with Crippen LogP contribution in [-0.2, 0) is 27.0 Å². The lowest BCUT2D eigenvalue weighted by Crippen LogP contribution is -2.25. The third-order valence-corrected chi connectivity index (χ3v) is 5.38. The van der Waals surface area contributed by atoms with Crippen LogP contribution in [0.25, 0.3) is 5.69 Å². The maximum absolute atomic E-state index is 12.3. The van der Waals surface area contributed by atoms with Crippen molar-refractivity contribution in [3.8, 4) is 5.69 Å². The molecule has 0 saturated carbocycles. The van der Waals surface area contributed by atoms with E-state index < -0.39 is 10.0 Å². The number of carbonyl (C=O) groups excluding carboxylic acids is 1. The van der Waals surface area contributed by atoms with E-state index in [1.807, 2.05) is 36.5 Å². The highest BCUT2D eigenvalue weighted by atomic mass is 32.2. The first-order valence-corrected chi connectivity index (χ1v) is 10.7. The molecule has 29 heavy (non-hydrogen) atoms. The summed E-state index contributed by atoms with van der Waals surface area (Å²) in [6.07, 6.45) is 5.16. The van der Waals surface area contributed by atoms with Crippen LogP contribution in [0.15, 0.2) is 79.6 Å². The second-order valence-corrected chi connectivity index (χ2v) is 8.25. The van der Waals surface area contributed by atoms with Gasteiger partial charge in [-0.2, -0.15) is 5.10 Å². The van der Waals surface area contributed by atoms with Crippen LogP contribution in [0.4, 0.5) is 5.69 Å². The smallest absolute Gasteiger partial charge is 0.228 e. The van der Waals surface area contributed by atoms with Crippen molar-refractivity contribution in [1.82, 2.24) is 14.5 Å². The van der Waals surface area contributed by atoms with Crippen LogP contribution in [0.2, 0.25) is 0 Å². The molecule has 0 aliphatic heterocycles. The van der Waals surface area contributed by atoms with E-state index in [1.165, 1.54) is 6.08 Å². The van der Waals surface area contributed by atoms with Gasteiger partial charge >= 0.3 is 0 Å². The van der Waals surface area contributed by atoms with Gasteiger partial charge in [-0.15, -0.1) is 6.58 Å². The van der Waals surface area contributed by atoms with Gasteiger partial charge in [-0.05, 0) is 35.4 Å². The molecular weight excluding hydrogens is 388 g/mol. The number of amides is 1. The van der Waals surface area contributed by atoms with E-state index in [0.29, 0.717) is 11.3 Å². The molecule has 1 amide bonds. The Morgan fingerprint density at radius 2 is 1.79 bits per heavy atom. The van der Waals surface area contributed by atoms with Gasteiger partial charge in [0.05, 0.1) is 24.1 Å². The molecule has 0 radical (unpaired) electrons.